The normalized spacial score (nSPS) is 10.1. The molecule has 0 saturated carbocycles. The van der Waals surface area contributed by atoms with E-state index in [2.05, 4.69) is 6.07 Å². The lowest BCUT2D eigenvalue weighted by Crippen LogP contribution is -2.31. The number of hydrogen-bond acceptors (Lipinski definition) is 2. The maximum atomic E-state index is 11.2. The molecule has 0 bridgehead atoms. The quantitative estimate of drug-likeness (QED) is 0.756. The van der Waals surface area contributed by atoms with Gasteiger partial charge in [-0.3, -0.25) is 4.79 Å². The number of carbonyl (C=O) groups excluding carboxylic acids is 1. The number of carbonyl (C=O) groups is 1. The summed E-state index contributed by atoms with van der Waals surface area (Å²) in [5.74, 6) is 0.768. The van der Waals surface area contributed by atoms with E-state index in [1.807, 2.05) is 26.0 Å². The van der Waals surface area contributed by atoms with Crippen molar-refractivity contribution in [3.05, 3.63) is 29.3 Å². The molecule has 0 saturated heterocycles. The fraction of sp³-hybridized carbons (Fsp3) is 0.462. The van der Waals surface area contributed by atoms with Gasteiger partial charge in [0, 0.05) is 7.05 Å². The molecule has 0 fully saturated rings. The van der Waals surface area contributed by atoms with Crippen LogP contribution in [0.3, 0.4) is 0 Å². The number of aryl methyl sites for hydroxylation is 2. The molecule has 3 nitrogen and oxygen atoms in total. The summed E-state index contributed by atoms with van der Waals surface area (Å²) >= 11 is 5.45. The minimum absolute atomic E-state index is 0.0139. The molecule has 0 atom stereocenters. The minimum atomic E-state index is -0.0873. The van der Waals surface area contributed by atoms with Gasteiger partial charge < -0.3 is 9.64 Å². The largest absolute Gasteiger partial charge is 0.492 e. The van der Waals surface area contributed by atoms with Gasteiger partial charge in [-0.2, -0.15) is 0 Å². The third-order valence-corrected chi connectivity index (χ3v) is 2.66. The van der Waals surface area contributed by atoms with Crippen LogP contribution in [0.4, 0.5) is 0 Å². The number of rotatable bonds is 5. The van der Waals surface area contributed by atoms with E-state index in [0.717, 1.165) is 5.75 Å². The number of amides is 1. The molecule has 0 aliphatic rings. The van der Waals surface area contributed by atoms with E-state index >= 15 is 0 Å². The van der Waals surface area contributed by atoms with Crippen LogP contribution in [-0.2, 0) is 4.79 Å². The Morgan fingerprint density at radius 3 is 2.41 bits per heavy atom. The van der Waals surface area contributed by atoms with Crippen molar-refractivity contribution in [2.45, 2.75) is 13.8 Å². The number of alkyl halides is 1. The van der Waals surface area contributed by atoms with Crippen molar-refractivity contribution in [3.8, 4) is 5.75 Å². The number of benzene rings is 1. The Bertz CT molecular complexity index is 373. The van der Waals surface area contributed by atoms with Gasteiger partial charge in [-0.05, 0) is 37.1 Å². The topological polar surface area (TPSA) is 29.5 Å². The van der Waals surface area contributed by atoms with Gasteiger partial charge in [0.15, 0.2) is 0 Å². The zero-order chi connectivity index (χ0) is 12.8. The molecule has 1 aromatic carbocycles. The molecule has 0 radical (unpaired) electrons. The molecule has 0 N–H and O–H groups in total. The molecule has 0 aromatic heterocycles. The number of hydrogen-bond donors (Lipinski definition) is 0. The van der Waals surface area contributed by atoms with Crippen molar-refractivity contribution in [3.63, 3.8) is 0 Å². The van der Waals surface area contributed by atoms with E-state index < -0.39 is 0 Å². The summed E-state index contributed by atoms with van der Waals surface area (Å²) in [5, 5.41) is 0. The molecule has 0 spiro atoms. The lowest BCUT2D eigenvalue weighted by Gasteiger charge is -2.16. The molecule has 4 heteroatoms. The molecule has 1 amide bonds. The summed E-state index contributed by atoms with van der Waals surface area (Å²) in [6, 6.07) is 6.06. The van der Waals surface area contributed by atoms with E-state index in [4.69, 9.17) is 16.3 Å². The molecule has 17 heavy (non-hydrogen) atoms. The Morgan fingerprint density at radius 1 is 1.29 bits per heavy atom. The zero-order valence-corrected chi connectivity index (χ0v) is 11.3. The number of ether oxygens (including phenoxy) is 1. The first-order valence-electron chi connectivity index (χ1n) is 5.54. The van der Waals surface area contributed by atoms with Gasteiger partial charge in [0.05, 0.1) is 6.54 Å². The van der Waals surface area contributed by atoms with Crippen LogP contribution in [0.2, 0.25) is 0 Å². The maximum absolute atomic E-state index is 11.2. The monoisotopic (exact) mass is 255 g/mol. The van der Waals surface area contributed by atoms with Crippen molar-refractivity contribution < 1.29 is 9.53 Å². The second kappa shape index (κ2) is 6.50. The van der Waals surface area contributed by atoms with Crippen molar-refractivity contribution in [2.75, 3.05) is 26.1 Å². The van der Waals surface area contributed by atoms with Gasteiger partial charge >= 0.3 is 0 Å². The van der Waals surface area contributed by atoms with Gasteiger partial charge in [-0.15, -0.1) is 11.6 Å². The van der Waals surface area contributed by atoms with Gasteiger partial charge in [-0.1, -0.05) is 6.07 Å². The Hall–Kier alpha value is -1.22. The van der Waals surface area contributed by atoms with Gasteiger partial charge in [0.1, 0.15) is 18.2 Å². The lowest BCUT2D eigenvalue weighted by atomic mass is 10.1. The SMILES string of the molecule is Cc1cc(C)cc(OCCN(C)C(=O)CCl)c1. The van der Waals surface area contributed by atoms with Crippen LogP contribution in [0.25, 0.3) is 0 Å². The second-order valence-corrected chi connectivity index (χ2v) is 4.39. The van der Waals surface area contributed by atoms with E-state index in [1.54, 1.807) is 11.9 Å². The van der Waals surface area contributed by atoms with Gasteiger partial charge in [-0.25, -0.2) is 0 Å². The predicted molar refractivity (Wildman–Crippen MR) is 69.8 cm³/mol. The van der Waals surface area contributed by atoms with Crippen LogP contribution in [0.5, 0.6) is 5.75 Å². The Balaban J connectivity index is 2.43. The van der Waals surface area contributed by atoms with Crippen LogP contribution >= 0.6 is 11.6 Å². The summed E-state index contributed by atoms with van der Waals surface area (Å²) < 4.78 is 5.60. The fourth-order valence-electron chi connectivity index (χ4n) is 1.54. The van der Waals surface area contributed by atoms with Crippen molar-refractivity contribution in [1.29, 1.82) is 0 Å². The maximum Gasteiger partial charge on any atom is 0.237 e. The Labute approximate surface area is 107 Å². The summed E-state index contributed by atoms with van der Waals surface area (Å²) in [6.45, 7) is 5.08. The standard InChI is InChI=1S/C13H18ClNO2/c1-10-6-11(2)8-12(7-10)17-5-4-15(3)13(16)9-14/h6-8H,4-5,9H2,1-3H3. The third-order valence-electron chi connectivity index (χ3n) is 2.43. The van der Waals surface area contributed by atoms with Gasteiger partial charge in [0.25, 0.3) is 0 Å². The third kappa shape index (κ3) is 4.65. The number of halogens is 1. The average Bonchev–Trinajstić information content (AvgIpc) is 2.26. The van der Waals surface area contributed by atoms with Crippen molar-refractivity contribution >= 4 is 17.5 Å². The van der Waals surface area contributed by atoms with E-state index in [-0.39, 0.29) is 11.8 Å². The molecule has 1 rings (SSSR count). The summed E-state index contributed by atoms with van der Waals surface area (Å²) in [5.41, 5.74) is 2.34. The van der Waals surface area contributed by atoms with E-state index in [9.17, 15) is 4.79 Å². The van der Waals surface area contributed by atoms with Crippen LogP contribution in [-0.4, -0.2) is 36.9 Å². The van der Waals surface area contributed by atoms with Crippen LogP contribution in [0.1, 0.15) is 11.1 Å². The number of likely N-dealkylation sites (N-methyl/N-ethyl adjacent to an activating group) is 1. The summed E-state index contributed by atoms with van der Waals surface area (Å²) in [7, 11) is 1.72. The highest BCUT2D eigenvalue weighted by molar-refractivity contribution is 6.27. The smallest absolute Gasteiger partial charge is 0.237 e. The number of nitrogens with zero attached hydrogens (tertiary/aromatic N) is 1. The lowest BCUT2D eigenvalue weighted by molar-refractivity contribution is -0.127. The van der Waals surface area contributed by atoms with Crippen LogP contribution < -0.4 is 4.74 Å². The molecule has 0 aliphatic carbocycles. The van der Waals surface area contributed by atoms with Crippen molar-refractivity contribution in [1.82, 2.24) is 4.90 Å². The molecule has 0 heterocycles. The molecular formula is C13H18ClNO2. The fourth-order valence-corrected chi connectivity index (χ4v) is 1.75. The van der Waals surface area contributed by atoms with E-state index in [0.29, 0.717) is 13.2 Å². The zero-order valence-electron chi connectivity index (χ0n) is 10.5. The first-order chi connectivity index (χ1) is 8.02. The van der Waals surface area contributed by atoms with E-state index in [1.165, 1.54) is 11.1 Å². The second-order valence-electron chi connectivity index (χ2n) is 4.12. The first kappa shape index (κ1) is 13.8. The van der Waals surface area contributed by atoms with Crippen LogP contribution in [0.15, 0.2) is 18.2 Å². The minimum Gasteiger partial charge on any atom is -0.492 e. The first-order valence-corrected chi connectivity index (χ1v) is 6.07. The average molecular weight is 256 g/mol. The molecule has 94 valence electrons. The van der Waals surface area contributed by atoms with Crippen LogP contribution in [0, 0.1) is 13.8 Å². The highest BCUT2D eigenvalue weighted by Crippen LogP contribution is 2.15. The summed E-state index contributed by atoms with van der Waals surface area (Å²) in [6.07, 6.45) is 0. The van der Waals surface area contributed by atoms with Gasteiger partial charge in [0.2, 0.25) is 5.91 Å². The summed E-state index contributed by atoms with van der Waals surface area (Å²) in [4.78, 5) is 12.8. The Kier molecular flexibility index (Phi) is 5.29. The molecule has 0 aliphatic heterocycles. The highest BCUT2D eigenvalue weighted by Gasteiger charge is 2.06. The predicted octanol–water partition coefficient (Wildman–Crippen LogP) is 2.38. The van der Waals surface area contributed by atoms with Crippen molar-refractivity contribution in [2.24, 2.45) is 0 Å². The molecule has 0 unspecified atom stereocenters. The molecular weight excluding hydrogens is 238 g/mol. The molecule has 1 aromatic rings. The Morgan fingerprint density at radius 2 is 1.88 bits per heavy atom. The highest BCUT2D eigenvalue weighted by atomic mass is 35.5.